The number of hydrogen-bond donors (Lipinski definition) is 0. The lowest BCUT2D eigenvalue weighted by molar-refractivity contribution is 0.0514. The normalized spacial score (nSPS) is 12.2. The maximum Gasteiger partial charge on any atom is 0.360 e. The van der Waals surface area contributed by atoms with Crippen molar-refractivity contribution in [3.05, 3.63) is 47.3 Å². The summed E-state index contributed by atoms with van der Waals surface area (Å²) in [4.78, 5) is 10.8. The Bertz CT molecular complexity index is 622. The summed E-state index contributed by atoms with van der Waals surface area (Å²) in [6.07, 6.45) is 0.250. The van der Waals surface area contributed by atoms with Crippen LogP contribution in [0.4, 0.5) is 11.7 Å². The Morgan fingerprint density at radius 1 is 1.29 bits per heavy atom. The van der Waals surface area contributed by atoms with E-state index in [2.05, 4.69) is 5.16 Å². The first-order valence-electron chi connectivity index (χ1n) is 6.04. The van der Waals surface area contributed by atoms with Crippen molar-refractivity contribution in [1.82, 2.24) is 5.16 Å². The molecule has 114 valence electrons. The molecule has 1 aromatic carbocycles. The van der Waals surface area contributed by atoms with Gasteiger partial charge < -0.3 is 9.26 Å². The van der Waals surface area contributed by atoms with Crippen molar-refractivity contribution >= 4 is 17.2 Å². The lowest BCUT2D eigenvalue weighted by atomic mass is 10.1. The van der Waals surface area contributed by atoms with Gasteiger partial charge in [0, 0.05) is 12.5 Å². The molecule has 0 aliphatic carbocycles. The summed E-state index contributed by atoms with van der Waals surface area (Å²) in [6, 6.07) is 6.24. The molecule has 0 saturated heterocycles. The number of aromatic nitrogens is 1. The molecule has 0 atom stereocenters. The first-order valence-corrected chi connectivity index (χ1v) is 7.37. The molecule has 1 heterocycles. The van der Waals surface area contributed by atoms with Gasteiger partial charge in [-0.2, -0.15) is 0 Å². The van der Waals surface area contributed by atoms with Gasteiger partial charge >= 0.3 is 5.97 Å². The monoisotopic (exact) mass is 319 g/mol. The van der Waals surface area contributed by atoms with E-state index in [-0.39, 0.29) is 18.7 Å². The molecule has 2 rings (SSSR count). The molecule has 2 aromatic rings. The maximum absolute atomic E-state index is 12.5. The second kappa shape index (κ2) is 6.21. The van der Waals surface area contributed by atoms with E-state index in [0.29, 0.717) is 11.3 Å². The van der Waals surface area contributed by atoms with Crippen LogP contribution in [0, 0.1) is 0 Å². The molecule has 0 radical (unpaired) electrons. The third-order valence-corrected chi connectivity index (χ3v) is 3.42. The largest absolute Gasteiger partial charge is 0.461 e. The van der Waals surface area contributed by atoms with E-state index >= 15 is 0 Å². The van der Waals surface area contributed by atoms with Crippen molar-refractivity contribution in [3.63, 3.8) is 0 Å². The number of rotatable bonds is 5. The zero-order valence-electron chi connectivity index (χ0n) is 11.0. The van der Waals surface area contributed by atoms with Gasteiger partial charge in [0.25, 0.3) is 0 Å². The SMILES string of the molecule is CCOC(=O)c1cc(Cc2ccc(S(F)(F)F)cc2)on1. The van der Waals surface area contributed by atoms with Crippen LogP contribution in [0.5, 0.6) is 0 Å². The molecular formula is C13H12F3NO3S. The average molecular weight is 319 g/mol. The molecule has 1 aromatic heterocycles. The molecule has 0 spiro atoms. The Labute approximate surface area is 121 Å². The van der Waals surface area contributed by atoms with Crippen LogP contribution in [0.1, 0.15) is 28.7 Å². The standard InChI is InChI=1S/C13H12F3NO3S/c1-2-19-13(18)12-8-10(20-17-12)7-9-3-5-11(6-4-9)21(14,15)16/h3-6,8H,2,7H2,1H3. The third kappa shape index (κ3) is 4.01. The van der Waals surface area contributed by atoms with E-state index in [1.807, 2.05) is 0 Å². The molecule has 0 aliphatic heterocycles. The van der Waals surface area contributed by atoms with Gasteiger partial charge in [-0.1, -0.05) is 17.3 Å². The topological polar surface area (TPSA) is 52.3 Å². The average Bonchev–Trinajstić information content (AvgIpc) is 2.87. The predicted molar refractivity (Wildman–Crippen MR) is 70.9 cm³/mol. The number of esters is 1. The second-order valence-electron chi connectivity index (χ2n) is 4.13. The van der Waals surface area contributed by atoms with Gasteiger partial charge in [0.15, 0.2) is 5.69 Å². The van der Waals surface area contributed by atoms with Gasteiger partial charge in [0.1, 0.15) is 5.76 Å². The number of benzene rings is 1. The first kappa shape index (κ1) is 15.4. The Kier molecular flexibility index (Phi) is 4.56. The summed E-state index contributed by atoms with van der Waals surface area (Å²) in [6.45, 7) is 1.89. The van der Waals surface area contributed by atoms with Gasteiger partial charge in [-0.3, -0.25) is 0 Å². The summed E-state index contributed by atoms with van der Waals surface area (Å²) >= 11 is -5.20. The van der Waals surface area contributed by atoms with Crippen LogP contribution in [0.2, 0.25) is 0 Å². The Morgan fingerprint density at radius 3 is 2.52 bits per heavy atom. The molecule has 0 saturated carbocycles. The minimum absolute atomic E-state index is 0.0446. The Morgan fingerprint density at radius 2 is 1.95 bits per heavy atom. The summed E-state index contributed by atoms with van der Waals surface area (Å²) in [5.74, 6) is -0.214. The van der Waals surface area contributed by atoms with E-state index in [4.69, 9.17) is 9.26 Å². The van der Waals surface area contributed by atoms with Gasteiger partial charge in [0.05, 0.1) is 11.5 Å². The minimum Gasteiger partial charge on any atom is -0.461 e. The predicted octanol–water partition coefficient (Wildman–Crippen LogP) is 4.26. The highest BCUT2D eigenvalue weighted by atomic mass is 32.3. The van der Waals surface area contributed by atoms with Crippen molar-refractivity contribution in [2.75, 3.05) is 6.61 Å². The van der Waals surface area contributed by atoms with Crippen molar-refractivity contribution < 1.29 is 25.7 Å². The van der Waals surface area contributed by atoms with E-state index in [0.717, 1.165) is 12.1 Å². The third-order valence-electron chi connectivity index (χ3n) is 2.61. The number of halogens is 3. The molecule has 0 fully saturated rings. The lowest BCUT2D eigenvalue weighted by Crippen LogP contribution is -2.04. The van der Waals surface area contributed by atoms with Crippen LogP contribution < -0.4 is 0 Å². The van der Waals surface area contributed by atoms with Gasteiger partial charge in [-0.05, 0) is 24.6 Å². The van der Waals surface area contributed by atoms with Crippen LogP contribution in [0.3, 0.4) is 0 Å². The molecule has 0 unspecified atom stereocenters. The number of carbonyl (C=O) groups is 1. The molecule has 4 nitrogen and oxygen atoms in total. The quantitative estimate of drug-likeness (QED) is 0.773. The fourth-order valence-corrected chi connectivity index (χ4v) is 2.11. The highest BCUT2D eigenvalue weighted by Crippen LogP contribution is 2.60. The zero-order chi connectivity index (χ0) is 15.5. The molecule has 0 bridgehead atoms. The van der Waals surface area contributed by atoms with Gasteiger partial charge in [-0.15, -0.1) is 11.7 Å². The molecule has 0 N–H and O–H groups in total. The number of nitrogens with zero attached hydrogens (tertiary/aromatic N) is 1. The van der Waals surface area contributed by atoms with Crippen molar-refractivity contribution in [2.45, 2.75) is 18.2 Å². The molecule has 8 heteroatoms. The van der Waals surface area contributed by atoms with E-state index < -0.39 is 22.1 Å². The summed E-state index contributed by atoms with van der Waals surface area (Å²) in [5.41, 5.74) is 0.678. The molecule has 21 heavy (non-hydrogen) atoms. The van der Waals surface area contributed by atoms with Crippen LogP contribution >= 0.6 is 11.2 Å². The molecular weight excluding hydrogens is 307 g/mol. The van der Waals surface area contributed by atoms with Crippen LogP contribution in [-0.2, 0) is 11.2 Å². The summed E-state index contributed by atoms with van der Waals surface area (Å²) < 4.78 is 47.3. The lowest BCUT2D eigenvalue weighted by Gasteiger charge is -2.09. The smallest absolute Gasteiger partial charge is 0.360 e. The Balaban J connectivity index is 2.07. The fourth-order valence-electron chi connectivity index (χ4n) is 1.66. The van der Waals surface area contributed by atoms with Gasteiger partial charge in [0.2, 0.25) is 11.2 Å². The Hall–Kier alpha value is -1.96. The zero-order valence-corrected chi connectivity index (χ0v) is 11.8. The first-order chi connectivity index (χ1) is 9.90. The van der Waals surface area contributed by atoms with Crippen molar-refractivity contribution in [2.24, 2.45) is 0 Å². The molecule has 0 aliphatic rings. The molecule has 0 amide bonds. The summed E-state index contributed by atoms with van der Waals surface area (Å²) in [7, 11) is 0. The second-order valence-corrected chi connectivity index (χ2v) is 5.41. The number of ether oxygens (including phenoxy) is 1. The summed E-state index contributed by atoms with van der Waals surface area (Å²) in [5, 5.41) is 3.56. The minimum atomic E-state index is -5.20. The number of hydrogen-bond acceptors (Lipinski definition) is 4. The van der Waals surface area contributed by atoms with E-state index in [1.165, 1.54) is 18.2 Å². The van der Waals surface area contributed by atoms with Crippen molar-refractivity contribution in [1.29, 1.82) is 0 Å². The van der Waals surface area contributed by atoms with E-state index in [1.54, 1.807) is 6.92 Å². The maximum atomic E-state index is 12.5. The number of carbonyl (C=O) groups excluding carboxylic acids is 1. The highest BCUT2D eigenvalue weighted by Gasteiger charge is 2.23. The van der Waals surface area contributed by atoms with Crippen LogP contribution in [0.25, 0.3) is 0 Å². The fraction of sp³-hybridized carbons (Fsp3) is 0.231. The van der Waals surface area contributed by atoms with Gasteiger partial charge in [-0.25, -0.2) is 4.79 Å². The highest BCUT2D eigenvalue weighted by molar-refractivity contribution is 8.20. The van der Waals surface area contributed by atoms with Crippen molar-refractivity contribution in [3.8, 4) is 0 Å². The van der Waals surface area contributed by atoms with Crippen LogP contribution in [-0.4, -0.2) is 17.7 Å². The van der Waals surface area contributed by atoms with Crippen LogP contribution in [0.15, 0.2) is 39.8 Å². The van der Waals surface area contributed by atoms with E-state index in [9.17, 15) is 16.5 Å².